The molecule has 0 atom stereocenters. The fraction of sp³-hybridized carbons (Fsp3) is 0.556. The van der Waals surface area contributed by atoms with Crippen molar-refractivity contribution in [3.63, 3.8) is 0 Å². The SMILES string of the molecule is CC(C)(C)OC(=O)N1CCN(C(=O)CCNS(=O)(=O)c2cccc(Br)c2)CC1. The average molecular weight is 476 g/mol. The molecule has 1 aliphatic rings. The van der Waals surface area contributed by atoms with Crippen molar-refractivity contribution in [1.29, 1.82) is 0 Å². The lowest BCUT2D eigenvalue weighted by molar-refractivity contribution is -0.132. The van der Waals surface area contributed by atoms with Crippen LogP contribution in [0.3, 0.4) is 0 Å². The number of ether oxygens (including phenoxy) is 1. The predicted molar refractivity (Wildman–Crippen MR) is 108 cm³/mol. The molecule has 8 nitrogen and oxygen atoms in total. The van der Waals surface area contributed by atoms with Crippen molar-refractivity contribution in [2.45, 2.75) is 37.7 Å². The first-order valence-electron chi connectivity index (χ1n) is 8.99. The Hall–Kier alpha value is -1.65. The minimum atomic E-state index is -3.67. The van der Waals surface area contributed by atoms with Crippen molar-refractivity contribution in [2.24, 2.45) is 0 Å². The van der Waals surface area contributed by atoms with Gasteiger partial charge in [-0.2, -0.15) is 0 Å². The van der Waals surface area contributed by atoms with E-state index in [1.54, 1.807) is 42.7 Å². The highest BCUT2D eigenvalue weighted by Gasteiger charge is 2.27. The van der Waals surface area contributed by atoms with Gasteiger partial charge in [0.05, 0.1) is 4.90 Å². The normalized spacial score (nSPS) is 15.4. The summed E-state index contributed by atoms with van der Waals surface area (Å²) < 4.78 is 33.0. The second-order valence-corrected chi connectivity index (χ2v) is 10.1. The lowest BCUT2D eigenvalue weighted by Gasteiger charge is -2.35. The van der Waals surface area contributed by atoms with E-state index in [9.17, 15) is 18.0 Å². The number of hydrogen-bond acceptors (Lipinski definition) is 5. The summed E-state index contributed by atoms with van der Waals surface area (Å²) in [5, 5.41) is 0. The summed E-state index contributed by atoms with van der Waals surface area (Å²) in [6, 6.07) is 6.36. The van der Waals surface area contributed by atoms with E-state index in [2.05, 4.69) is 20.7 Å². The summed E-state index contributed by atoms with van der Waals surface area (Å²) in [4.78, 5) is 27.7. The minimum absolute atomic E-state index is 0.0138. The summed E-state index contributed by atoms with van der Waals surface area (Å²) >= 11 is 3.24. The van der Waals surface area contributed by atoms with Gasteiger partial charge in [0.1, 0.15) is 5.60 Å². The largest absolute Gasteiger partial charge is 0.444 e. The Kier molecular flexibility index (Phi) is 7.46. The summed E-state index contributed by atoms with van der Waals surface area (Å²) in [5.41, 5.74) is -0.560. The maximum absolute atomic E-state index is 12.3. The van der Waals surface area contributed by atoms with E-state index in [1.165, 1.54) is 12.1 Å². The van der Waals surface area contributed by atoms with Gasteiger partial charge in [0.15, 0.2) is 0 Å². The van der Waals surface area contributed by atoms with Crippen LogP contribution in [0.25, 0.3) is 0 Å². The van der Waals surface area contributed by atoms with Gasteiger partial charge in [0.2, 0.25) is 15.9 Å². The molecule has 1 aliphatic heterocycles. The van der Waals surface area contributed by atoms with Crippen LogP contribution < -0.4 is 4.72 Å². The second kappa shape index (κ2) is 9.23. The molecule has 28 heavy (non-hydrogen) atoms. The lowest BCUT2D eigenvalue weighted by atomic mass is 10.2. The molecule has 0 unspecified atom stereocenters. The van der Waals surface area contributed by atoms with Gasteiger partial charge in [-0.3, -0.25) is 4.79 Å². The Morgan fingerprint density at radius 2 is 1.75 bits per heavy atom. The standard InChI is InChI=1S/C18H26BrN3O5S/c1-18(2,3)27-17(24)22-11-9-21(10-12-22)16(23)7-8-20-28(25,26)15-6-4-5-14(19)13-15/h4-6,13,20H,7-12H2,1-3H3. The summed E-state index contributed by atoms with van der Waals surface area (Å²) in [7, 11) is -3.67. The predicted octanol–water partition coefficient (Wildman–Crippen LogP) is 2.20. The number of hydrogen-bond donors (Lipinski definition) is 1. The number of carbonyl (C=O) groups is 2. The molecule has 0 saturated carbocycles. The molecule has 0 radical (unpaired) electrons. The third kappa shape index (κ3) is 6.75. The third-order valence-corrected chi connectivity index (χ3v) is 5.97. The Balaban J connectivity index is 1.78. The molecule has 1 saturated heterocycles. The van der Waals surface area contributed by atoms with Crippen LogP contribution in [0.2, 0.25) is 0 Å². The van der Waals surface area contributed by atoms with E-state index in [0.29, 0.717) is 30.7 Å². The third-order valence-electron chi connectivity index (χ3n) is 4.02. The molecule has 10 heteroatoms. The zero-order chi connectivity index (χ0) is 20.9. The van der Waals surface area contributed by atoms with Gasteiger partial charge in [0, 0.05) is 43.6 Å². The fourth-order valence-electron chi connectivity index (χ4n) is 2.63. The molecule has 1 aromatic rings. The fourth-order valence-corrected chi connectivity index (χ4v) is 4.26. The molecule has 0 aromatic heterocycles. The van der Waals surface area contributed by atoms with Crippen LogP contribution in [0.5, 0.6) is 0 Å². The second-order valence-electron chi connectivity index (χ2n) is 7.45. The van der Waals surface area contributed by atoms with E-state index >= 15 is 0 Å². The van der Waals surface area contributed by atoms with Gasteiger partial charge >= 0.3 is 6.09 Å². The molecular weight excluding hydrogens is 450 g/mol. The first kappa shape index (κ1) is 22.6. The van der Waals surface area contributed by atoms with Crippen LogP contribution in [-0.4, -0.2) is 68.5 Å². The molecule has 1 N–H and O–H groups in total. The molecule has 1 heterocycles. The van der Waals surface area contributed by atoms with E-state index in [0.717, 1.165) is 0 Å². The van der Waals surface area contributed by atoms with Crippen molar-refractivity contribution in [3.05, 3.63) is 28.7 Å². The van der Waals surface area contributed by atoms with E-state index in [4.69, 9.17) is 4.74 Å². The summed E-state index contributed by atoms with van der Waals surface area (Å²) in [5.74, 6) is -0.152. The Labute approximate surface area is 174 Å². The molecule has 2 amide bonds. The maximum Gasteiger partial charge on any atom is 0.410 e. The van der Waals surface area contributed by atoms with Gasteiger partial charge in [-0.05, 0) is 39.0 Å². The first-order valence-corrected chi connectivity index (χ1v) is 11.3. The van der Waals surface area contributed by atoms with E-state index < -0.39 is 15.6 Å². The number of rotatable bonds is 5. The molecule has 156 valence electrons. The molecule has 0 spiro atoms. The van der Waals surface area contributed by atoms with Crippen molar-refractivity contribution in [1.82, 2.24) is 14.5 Å². The highest BCUT2D eigenvalue weighted by atomic mass is 79.9. The van der Waals surface area contributed by atoms with Crippen molar-refractivity contribution in [2.75, 3.05) is 32.7 Å². The summed E-state index contributed by atoms with van der Waals surface area (Å²) in [6.45, 7) is 7.02. The van der Waals surface area contributed by atoms with Gasteiger partial charge in [-0.1, -0.05) is 22.0 Å². The number of benzene rings is 1. The van der Waals surface area contributed by atoms with Gasteiger partial charge in [-0.15, -0.1) is 0 Å². The number of nitrogens with one attached hydrogen (secondary N) is 1. The quantitative estimate of drug-likeness (QED) is 0.703. The van der Waals surface area contributed by atoms with Crippen LogP contribution in [0.15, 0.2) is 33.6 Å². The smallest absolute Gasteiger partial charge is 0.410 e. The van der Waals surface area contributed by atoms with Gasteiger partial charge < -0.3 is 14.5 Å². The molecule has 1 fully saturated rings. The van der Waals surface area contributed by atoms with E-state index in [-0.39, 0.29) is 29.9 Å². The first-order chi connectivity index (χ1) is 13.0. The number of carbonyl (C=O) groups excluding carboxylic acids is 2. The number of nitrogens with zero attached hydrogens (tertiary/aromatic N) is 2. The minimum Gasteiger partial charge on any atom is -0.444 e. The monoisotopic (exact) mass is 475 g/mol. The van der Waals surface area contributed by atoms with Crippen LogP contribution in [0.4, 0.5) is 4.79 Å². The Morgan fingerprint density at radius 1 is 1.14 bits per heavy atom. The molecular formula is C18H26BrN3O5S. The van der Waals surface area contributed by atoms with Crippen molar-refractivity contribution < 1.29 is 22.7 Å². The lowest BCUT2D eigenvalue weighted by Crippen LogP contribution is -2.52. The zero-order valence-electron chi connectivity index (χ0n) is 16.3. The summed E-state index contributed by atoms with van der Waals surface area (Å²) in [6.07, 6.45) is -0.332. The van der Waals surface area contributed by atoms with Gasteiger partial charge in [-0.25, -0.2) is 17.9 Å². The van der Waals surface area contributed by atoms with Crippen LogP contribution in [-0.2, 0) is 19.6 Å². The van der Waals surface area contributed by atoms with E-state index in [1.807, 2.05) is 0 Å². The highest BCUT2D eigenvalue weighted by molar-refractivity contribution is 9.10. The number of halogens is 1. The number of piperazine rings is 1. The van der Waals surface area contributed by atoms with Crippen LogP contribution in [0.1, 0.15) is 27.2 Å². The molecule has 0 bridgehead atoms. The van der Waals surface area contributed by atoms with Gasteiger partial charge in [0.25, 0.3) is 0 Å². The van der Waals surface area contributed by atoms with Crippen molar-refractivity contribution >= 4 is 38.0 Å². The Bertz CT molecular complexity index is 815. The maximum atomic E-state index is 12.3. The average Bonchev–Trinajstić information content (AvgIpc) is 2.60. The molecule has 1 aromatic carbocycles. The Morgan fingerprint density at radius 3 is 2.32 bits per heavy atom. The molecule has 2 rings (SSSR count). The highest BCUT2D eigenvalue weighted by Crippen LogP contribution is 2.16. The van der Waals surface area contributed by atoms with Crippen molar-refractivity contribution in [3.8, 4) is 0 Å². The molecule has 0 aliphatic carbocycles. The van der Waals surface area contributed by atoms with Crippen LogP contribution >= 0.6 is 15.9 Å². The topological polar surface area (TPSA) is 96.0 Å². The number of sulfonamides is 1. The zero-order valence-corrected chi connectivity index (χ0v) is 18.7. The number of amides is 2. The van der Waals surface area contributed by atoms with Crippen LogP contribution in [0, 0.1) is 0 Å².